The average Bonchev–Trinajstić information content (AvgIpc) is 2.47. The second-order valence-electron chi connectivity index (χ2n) is 4.87. The lowest BCUT2D eigenvalue weighted by molar-refractivity contribution is -0.192. The Bertz CT molecular complexity index is 562. The number of aliphatic carboxylic acids is 1. The SMILES string of the molecule is COCCOc1ccc(NC(=O)C2CNC2)nc1.O=C(O)C(F)(F)F. The fraction of sp³-hybridized carbons (Fsp3) is 0.500. The van der Waals surface area contributed by atoms with Crippen LogP contribution in [-0.4, -0.2) is 61.6 Å². The highest BCUT2D eigenvalue weighted by molar-refractivity contribution is 5.92. The number of pyridine rings is 1. The van der Waals surface area contributed by atoms with Crippen molar-refractivity contribution in [2.45, 2.75) is 6.18 Å². The number of carboxylic acids is 1. The molecule has 140 valence electrons. The molecule has 0 unspecified atom stereocenters. The summed E-state index contributed by atoms with van der Waals surface area (Å²) in [4.78, 5) is 24.7. The minimum absolute atomic E-state index is 0.00861. The Morgan fingerprint density at radius 2 is 2.00 bits per heavy atom. The summed E-state index contributed by atoms with van der Waals surface area (Å²) < 4.78 is 42.0. The van der Waals surface area contributed by atoms with E-state index in [4.69, 9.17) is 19.4 Å². The van der Waals surface area contributed by atoms with Gasteiger partial charge in [-0.05, 0) is 12.1 Å². The number of ether oxygens (including phenoxy) is 2. The van der Waals surface area contributed by atoms with Crippen LogP contribution in [0.5, 0.6) is 5.75 Å². The molecule has 11 heteroatoms. The molecule has 1 saturated heterocycles. The van der Waals surface area contributed by atoms with Crippen LogP contribution in [0.15, 0.2) is 18.3 Å². The number of carbonyl (C=O) groups excluding carboxylic acids is 1. The van der Waals surface area contributed by atoms with E-state index in [1.54, 1.807) is 25.4 Å². The number of carbonyl (C=O) groups is 2. The first kappa shape index (κ1) is 20.6. The van der Waals surface area contributed by atoms with Crippen molar-refractivity contribution < 1.29 is 37.3 Å². The van der Waals surface area contributed by atoms with E-state index in [1.165, 1.54) is 0 Å². The summed E-state index contributed by atoms with van der Waals surface area (Å²) in [6.45, 7) is 2.50. The van der Waals surface area contributed by atoms with Crippen LogP contribution in [-0.2, 0) is 14.3 Å². The van der Waals surface area contributed by atoms with Crippen molar-refractivity contribution in [2.24, 2.45) is 5.92 Å². The van der Waals surface area contributed by atoms with Crippen molar-refractivity contribution in [1.82, 2.24) is 10.3 Å². The Labute approximate surface area is 141 Å². The molecule has 1 fully saturated rings. The number of hydrogen-bond acceptors (Lipinski definition) is 6. The molecule has 25 heavy (non-hydrogen) atoms. The highest BCUT2D eigenvalue weighted by Crippen LogP contribution is 2.14. The number of nitrogens with zero attached hydrogens (tertiary/aromatic N) is 1. The maximum absolute atomic E-state index is 11.7. The molecule has 1 aliphatic rings. The number of methoxy groups -OCH3 is 1. The molecule has 0 aliphatic carbocycles. The van der Waals surface area contributed by atoms with Crippen molar-refractivity contribution in [3.05, 3.63) is 18.3 Å². The molecule has 2 rings (SSSR count). The summed E-state index contributed by atoms with van der Waals surface area (Å²) in [5, 5.41) is 12.9. The molecule has 1 aliphatic heterocycles. The van der Waals surface area contributed by atoms with E-state index < -0.39 is 12.1 Å². The Morgan fingerprint density at radius 3 is 2.40 bits per heavy atom. The quantitative estimate of drug-likeness (QED) is 0.643. The van der Waals surface area contributed by atoms with Gasteiger partial charge < -0.3 is 25.2 Å². The first-order valence-corrected chi connectivity index (χ1v) is 7.13. The number of hydrogen-bond donors (Lipinski definition) is 3. The van der Waals surface area contributed by atoms with Gasteiger partial charge in [0, 0.05) is 20.2 Å². The number of aromatic nitrogens is 1. The van der Waals surface area contributed by atoms with Gasteiger partial charge in [0.2, 0.25) is 5.91 Å². The van der Waals surface area contributed by atoms with E-state index in [0.29, 0.717) is 24.8 Å². The monoisotopic (exact) mass is 365 g/mol. The summed E-state index contributed by atoms with van der Waals surface area (Å²) in [5.74, 6) is -1.48. The molecule has 0 aromatic carbocycles. The van der Waals surface area contributed by atoms with Gasteiger partial charge in [-0.25, -0.2) is 9.78 Å². The Balaban J connectivity index is 0.000000381. The highest BCUT2D eigenvalue weighted by atomic mass is 19.4. The number of halogens is 3. The van der Waals surface area contributed by atoms with Gasteiger partial charge in [0.05, 0.1) is 18.7 Å². The van der Waals surface area contributed by atoms with E-state index >= 15 is 0 Å². The molecular formula is C14H18F3N3O5. The number of anilines is 1. The number of rotatable bonds is 6. The van der Waals surface area contributed by atoms with E-state index in [-0.39, 0.29) is 11.8 Å². The predicted molar refractivity (Wildman–Crippen MR) is 80.3 cm³/mol. The van der Waals surface area contributed by atoms with Gasteiger partial charge in [-0.2, -0.15) is 13.2 Å². The maximum atomic E-state index is 11.7. The molecule has 8 nitrogen and oxygen atoms in total. The Morgan fingerprint density at radius 1 is 1.36 bits per heavy atom. The topological polar surface area (TPSA) is 110 Å². The van der Waals surface area contributed by atoms with E-state index in [9.17, 15) is 18.0 Å². The standard InChI is InChI=1S/C12H17N3O3.C2HF3O2/c1-17-4-5-18-10-2-3-11(14-8-10)15-12(16)9-6-13-7-9;3-2(4,5)1(6)7/h2-3,8-9,13H,4-7H2,1H3,(H,14,15,16);(H,6,7). The van der Waals surface area contributed by atoms with Crippen molar-refractivity contribution in [1.29, 1.82) is 0 Å². The van der Waals surface area contributed by atoms with Crippen LogP contribution in [0.25, 0.3) is 0 Å². The van der Waals surface area contributed by atoms with Crippen molar-refractivity contribution >= 4 is 17.7 Å². The largest absolute Gasteiger partial charge is 0.490 e. The van der Waals surface area contributed by atoms with Crippen LogP contribution in [0.2, 0.25) is 0 Å². The minimum atomic E-state index is -5.08. The van der Waals surface area contributed by atoms with Gasteiger partial charge in [0.1, 0.15) is 18.2 Å². The van der Waals surface area contributed by atoms with E-state index in [2.05, 4.69) is 15.6 Å². The van der Waals surface area contributed by atoms with Gasteiger partial charge in [-0.15, -0.1) is 0 Å². The summed E-state index contributed by atoms with van der Waals surface area (Å²) in [6.07, 6.45) is -3.50. The lowest BCUT2D eigenvalue weighted by atomic mass is 10.0. The summed E-state index contributed by atoms with van der Waals surface area (Å²) in [6, 6.07) is 3.50. The third-order valence-corrected chi connectivity index (χ3v) is 2.94. The zero-order valence-electron chi connectivity index (χ0n) is 13.3. The molecule has 0 bridgehead atoms. The van der Waals surface area contributed by atoms with Gasteiger partial charge in [0.25, 0.3) is 0 Å². The minimum Gasteiger partial charge on any atom is -0.490 e. The average molecular weight is 365 g/mol. The van der Waals surface area contributed by atoms with Gasteiger partial charge in [-0.1, -0.05) is 0 Å². The third-order valence-electron chi connectivity index (χ3n) is 2.94. The smallest absolute Gasteiger partial charge is 0.490 e. The number of carboxylic acid groups (broad SMARTS) is 1. The molecule has 1 amide bonds. The second kappa shape index (κ2) is 9.79. The molecule has 1 aromatic heterocycles. The summed E-state index contributed by atoms with van der Waals surface area (Å²) in [5.41, 5.74) is 0. The van der Waals surface area contributed by atoms with Gasteiger partial charge >= 0.3 is 12.1 Å². The Hall–Kier alpha value is -2.40. The molecule has 0 radical (unpaired) electrons. The van der Waals surface area contributed by atoms with Gasteiger partial charge in [-0.3, -0.25) is 4.79 Å². The molecule has 1 aromatic rings. The highest BCUT2D eigenvalue weighted by Gasteiger charge is 2.38. The van der Waals surface area contributed by atoms with Gasteiger partial charge in [0.15, 0.2) is 0 Å². The predicted octanol–water partition coefficient (Wildman–Crippen LogP) is 0.898. The van der Waals surface area contributed by atoms with Crippen LogP contribution in [0.3, 0.4) is 0 Å². The second-order valence-corrected chi connectivity index (χ2v) is 4.87. The van der Waals surface area contributed by atoms with Crippen LogP contribution in [0.4, 0.5) is 19.0 Å². The Kier molecular flexibility index (Phi) is 8.08. The van der Waals surface area contributed by atoms with Crippen molar-refractivity contribution in [2.75, 3.05) is 38.7 Å². The molecule has 0 saturated carbocycles. The third kappa shape index (κ3) is 7.81. The lowest BCUT2D eigenvalue weighted by Crippen LogP contribution is -2.48. The fourth-order valence-electron chi connectivity index (χ4n) is 1.48. The van der Waals surface area contributed by atoms with Crippen LogP contribution in [0.1, 0.15) is 0 Å². The molecule has 0 atom stereocenters. The fourth-order valence-corrected chi connectivity index (χ4v) is 1.48. The maximum Gasteiger partial charge on any atom is 0.490 e. The molecular weight excluding hydrogens is 347 g/mol. The first-order valence-electron chi connectivity index (χ1n) is 7.13. The van der Waals surface area contributed by atoms with Crippen molar-refractivity contribution in [3.8, 4) is 5.75 Å². The number of amides is 1. The lowest BCUT2D eigenvalue weighted by Gasteiger charge is -2.25. The zero-order valence-corrected chi connectivity index (χ0v) is 13.3. The first-order chi connectivity index (χ1) is 11.7. The molecule has 2 heterocycles. The number of nitrogens with one attached hydrogen (secondary N) is 2. The summed E-state index contributed by atoms with van der Waals surface area (Å²) >= 11 is 0. The van der Waals surface area contributed by atoms with Crippen LogP contribution >= 0.6 is 0 Å². The van der Waals surface area contributed by atoms with Crippen LogP contribution < -0.4 is 15.4 Å². The van der Waals surface area contributed by atoms with E-state index in [0.717, 1.165) is 13.1 Å². The number of alkyl halides is 3. The summed E-state index contributed by atoms with van der Waals surface area (Å²) in [7, 11) is 1.62. The zero-order chi connectivity index (χ0) is 18.9. The van der Waals surface area contributed by atoms with Crippen molar-refractivity contribution in [3.63, 3.8) is 0 Å². The normalized spacial score (nSPS) is 13.9. The van der Waals surface area contributed by atoms with E-state index in [1.807, 2.05) is 0 Å². The van der Waals surface area contributed by atoms with Crippen LogP contribution in [0, 0.1) is 5.92 Å². The molecule has 0 spiro atoms. The molecule has 3 N–H and O–H groups in total.